The van der Waals surface area contributed by atoms with Gasteiger partial charge in [-0.15, -0.1) is 0 Å². The largest absolute Gasteiger partial charge is 0.416 e. The van der Waals surface area contributed by atoms with Crippen LogP contribution in [0.2, 0.25) is 6.82 Å². The van der Waals surface area contributed by atoms with Gasteiger partial charge >= 0.3 is 6.18 Å². The molecular formula is C10H10BF3O. The van der Waals surface area contributed by atoms with E-state index in [1.54, 1.807) is 0 Å². The highest BCUT2D eigenvalue weighted by Gasteiger charge is 2.33. The Morgan fingerprint density at radius 2 is 2.07 bits per heavy atom. The van der Waals surface area contributed by atoms with E-state index in [1.807, 2.05) is 6.82 Å². The van der Waals surface area contributed by atoms with Crippen LogP contribution in [0.1, 0.15) is 21.5 Å². The average molecular weight is 214 g/mol. The monoisotopic (exact) mass is 214 g/mol. The summed E-state index contributed by atoms with van der Waals surface area (Å²) in [6.07, 6.45) is -3.59. The molecular weight excluding hydrogens is 204 g/mol. The molecule has 0 aliphatic rings. The molecule has 0 N–H and O–H groups in total. The Hall–Kier alpha value is -1.26. The lowest BCUT2D eigenvalue weighted by Gasteiger charge is -2.12. The minimum absolute atomic E-state index is 0.0576. The van der Waals surface area contributed by atoms with Gasteiger partial charge in [0, 0.05) is 5.56 Å². The minimum atomic E-state index is -4.39. The second-order valence-electron chi connectivity index (χ2n) is 3.28. The molecule has 1 aromatic carbocycles. The Morgan fingerprint density at radius 1 is 1.40 bits per heavy atom. The molecule has 5 heteroatoms. The topological polar surface area (TPSA) is 17.1 Å². The molecule has 0 heterocycles. The van der Waals surface area contributed by atoms with Crippen LogP contribution < -0.4 is 0 Å². The van der Waals surface area contributed by atoms with Crippen molar-refractivity contribution >= 4 is 13.6 Å². The van der Waals surface area contributed by atoms with Gasteiger partial charge in [0.15, 0.2) is 0 Å². The van der Waals surface area contributed by atoms with Crippen LogP contribution >= 0.6 is 0 Å². The summed E-state index contributed by atoms with van der Waals surface area (Å²) in [6.45, 7) is 1.81. The Labute approximate surface area is 86.5 Å². The third-order valence-corrected chi connectivity index (χ3v) is 2.09. The zero-order valence-corrected chi connectivity index (χ0v) is 8.27. The molecule has 0 radical (unpaired) electrons. The van der Waals surface area contributed by atoms with Crippen molar-refractivity contribution in [2.45, 2.75) is 19.3 Å². The van der Waals surface area contributed by atoms with Gasteiger partial charge in [-0.05, 0) is 11.6 Å². The Morgan fingerprint density at radius 3 is 2.53 bits per heavy atom. The molecule has 0 unspecified atom stereocenters. The quantitative estimate of drug-likeness (QED) is 0.558. The van der Waals surface area contributed by atoms with Gasteiger partial charge in [0.2, 0.25) is 0 Å². The molecule has 0 bridgehead atoms. The van der Waals surface area contributed by atoms with E-state index in [9.17, 15) is 18.0 Å². The number of benzene rings is 1. The highest BCUT2D eigenvalue weighted by atomic mass is 19.4. The van der Waals surface area contributed by atoms with E-state index in [-0.39, 0.29) is 11.1 Å². The summed E-state index contributed by atoms with van der Waals surface area (Å²) in [5.41, 5.74) is -0.397. The highest BCUT2D eigenvalue weighted by Crippen LogP contribution is 2.32. The first kappa shape index (κ1) is 11.8. The van der Waals surface area contributed by atoms with Crippen LogP contribution in [-0.2, 0) is 12.5 Å². The van der Waals surface area contributed by atoms with Gasteiger partial charge in [-0.3, -0.25) is 4.79 Å². The molecule has 15 heavy (non-hydrogen) atoms. The van der Waals surface area contributed by atoms with Crippen LogP contribution in [0, 0.1) is 0 Å². The van der Waals surface area contributed by atoms with Gasteiger partial charge in [-0.2, -0.15) is 13.2 Å². The first-order valence-corrected chi connectivity index (χ1v) is 4.64. The molecule has 0 aliphatic heterocycles. The third kappa shape index (κ3) is 2.84. The van der Waals surface area contributed by atoms with Crippen molar-refractivity contribution in [2.75, 3.05) is 0 Å². The van der Waals surface area contributed by atoms with E-state index >= 15 is 0 Å². The summed E-state index contributed by atoms with van der Waals surface area (Å²) < 4.78 is 37.7. The predicted molar refractivity (Wildman–Crippen MR) is 53.5 cm³/mol. The summed E-state index contributed by atoms with van der Waals surface area (Å²) in [4.78, 5) is 10.4. The maximum atomic E-state index is 12.6. The van der Waals surface area contributed by atoms with Crippen LogP contribution in [0.25, 0.3) is 0 Å². The molecule has 0 fully saturated rings. The fraction of sp³-hybridized carbons (Fsp3) is 0.300. The zero-order chi connectivity index (χ0) is 11.5. The number of aldehydes is 1. The van der Waals surface area contributed by atoms with Gasteiger partial charge in [-0.25, -0.2) is 0 Å². The van der Waals surface area contributed by atoms with Crippen LogP contribution in [-0.4, -0.2) is 13.6 Å². The molecule has 0 aliphatic carbocycles. The Balaban J connectivity index is 3.22. The second kappa shape index (κ2) is 4.51. The van der Waals surface area contributed by atoms with Crippen molar-refractivity contribution in [2.24, 2.45) is 0 Å². The number of alkyl halides is 3. The molecule has 80 valence electrons. The second-order valence-corrected chi connectivity index (χ2v) is 3.28. The van der Waals surface area contributed by atoms with Crippen molar-refractivity contribution in [1.82, 2.24) is 0 Å². The zero-order valence-electron chi connectivity index (χ0n) is 8.27. The summed E-state index contributed by atoms with van der Waals surface area (Å²) in [5.74, 6) is 0. The normalized spacial score (nSPS) is 11.2. The van der Waals surface area contributed by atoms with E-state index in [0.717, 1.165) is 6.07 Å². The molecule has 0 atom stereocenters. The van der Waals surface area contributed by atoms with E-state index in [2.05, 4.69) is 0 Å². The van der Waals surface area contributed by atoms with Crippen molar-refractivity contribution in [3.63, 3.8) is 0 Å². The molecule has 0 saturated heterocycles. The lowest BCUT2D eigenvalue weighted by molar-refractivity contribution is -0.138. The Bertz CT molecular complexity index is 360. The molecule has 0 saturated carbocycles. The maximum Gasteiger partial charge on any atom is 0.416 e. The number of carbonyl (C=O) groups is 1. The predicted octanol–water partition coefficient (Wildman–Crippen LogP) is 2.50. The number of carbonyl (C=O) groups excluding carboxylic acids is 1. The SMILES string of the molecule is CBCc1ccc(C=O)cc1C(F)(F)F. The van der Waals surface area contributed by atoms with E-state index in [4.69, 9.17) is 0 Å². The summed E-state index contributed by atoms with van der Waals surface area (Å²) in [5, 5.41) is 0. The summed E-state index contributed by atoms with van der Waals surface area (Å²) in [7, 11) is 0.642. The van der Waals surface area contributed by atoms with Crippen LogP contribution in [0.4, 0.5) is 13.2 Å². The Kier molecular flexibility index (Phi) is 3.55. The molecule has 1 aromatic rings. The van der Waals surface area contributed by atoms with Crippen LogP contribution in [0.5, 0.6) is 0 Å². The van der Waals surface area contributed by atoms with Crippen LogP contribution in [0.3, 0.4) is 0 Å². The fourth-order valence-corrected chi connectivity index (χ4v) is 1.42. The lowest BCUT2D eigenvalue weighted by Crippen LogP contribution is -2.11. The number of hydrogen-bond acceptors (Lipinski definition) is 1. The van der Waals surface area contributed by atoms with Crippen molar-refractivity contribution in [3.05, 3.63) is 34.9 Å². The minimum Gasteiger partial charge on any atom is -0.298 e. The molecule has 0 spiro atoms. The van der Waals surface area contributed by atoms with Crippen LogP contribution in [0.15, 0.2) is 18.2 Å². The van der Waals surface area contributed by atoms with Gasteiger partial charge in [0.25, 0.3) is 0 Å². The van der Waals surface area contributed by atoms with Gasteiger partial charge in [0.1, 0.15) is 13.6 Å². The van der Waals surface area contributed by atoms with E-state index < -0.39 is 11.7 Å². The van der Waals surface area contributed by atoms with E-state index in [1.165, 1.54) is 12.1 Å². The number of halogens is 3. The lowest BCUT2D eigenvalue weighted by atomic mass is 9.74. The fourth-order valence-electron chi connectivity index (χ4n) is 1.42. The summed E-state index contributed by atoms with van der Waals surface area (Å²) >= 11 is 0. The molecule has 0 amide bonds. The molecule has 0 aromatic heterocycles. The standard InChI is InChI=1S/C10H10BF3O/c1-11-5-8-3-2-7(6-15)4-9(8)10(12,13)14/h2-4,6,11H,5H2,1H3. The smallest absolute Gasteiger partial charge is 0.298 e. The van der Waals surface area contributed by atoms with Crippen molar-refractivity contribution < 1.29 is 18.0 Å². The number of rotatable bonds is 3. The van der Waals surface area contributed by atoms with Gasteiger partial charge in [-0.1, -0.05) is 25.3 Å². The van der Waals surface area contributed by atoms with E-state index in [0.29, 0.717) is 19.9 Å². The molecule has 1 nitrogen and oxygen atoms in total. The first-order chi connectivity index (χ1) is 6.99. The van der Waals surface area contributed by atoms with Gasteiger partial charge < -0.3 is 0 Å². The first-order valence-electron chi connectivity index (χ1n) is 4.64. The van der Waals surface area contributed by atoms with Gasteiger partial charge in [0.05, 0.1) is 5.56 Å². The average Bonchev–Trinajstić information content (AvgIpc) is 2.17. The maximum absolute atomic E-state index is 12.6. The van der Waals surface area contributed by atoms with Crippen molar-refractivity contribution in [1.29, 1.82) is 0 Å². The summed E-state index contributed by atoms with van der Waals surface area (Å²) in [6, 6.07) is 3.68. The third-order valence-electron chi connectivity index (χ3n) is 2.09. The molecule has 1 rings (SSSR count). The number of hydrogen-bond donors (Lipinski definition) is 0. The highest BCUT2D eigenvalue weighted by molar-refractivity contribution is 6.32. The van der Waals surface area contributed by atoms with Crippen molar-refractivity contribution in [3.8, 4) is 0 Å².